The summed E-state index contributed by atoms with van der Waals surface area (Å²) in [6.07, 6.45) is 4.70. The summed E-state index contributed by atoms with van der Waals surface area (Å²) in [5.41, 5.74) is 0. The van der Waals surface area contributed by atoms with Gasteiger partial charge in [0.05, 0.1) is 18.1 Å². The summed E-state index contributed by atoms with van der Waals surface area (Å²) < 4.78 is 38.5. The third-order valence-corrected chi connectivity index (χ3v) is 5.69. The molecule has 0 amide bonds. The summed E-state index contributed by atoms with van der Waals surface area (Å²) in [6, 6.07) is 4.93. The number of sulfonamides is 1. The van der Waals surface area contributed by atoms with Gasteiger partial charge in [0.1, 0.15) is 0 Å². The first-order valence-corrected chi connectivity index (χ1v) is 9.93. The van der Waals surface area contributed by atoms with Crippen LogP contribution in [0, 0.1) is 0 Å². The van der Waals surface area contributed by atoms with Crippen molar-refractivity contribution in [3.05, 3.63) is 18.2 Å². The standard InChI is InChI=1S/C17H27NO4S/c1-3-12-21-16-9-8-15(14-17(16)22-13-4-2)23(19,20)18-10-6-5-7-11-18/h8-9,14H,3-7,10-13H2,1-2H3. The Balaban J connectivity index is 2.27. The first kappa shape index (κ1) is 18.1. The highest BCUT2D eigenvalue weighted by molar-refractivity contribution is 7.89. The van der Waals surface area contributed by atoms with Gasteiger partial charge in [0.2, 0.25) is 10.0 Å². The molecule has 1 fully saturated rings. The van der Waals surface area contributed by atoms with E-state index in [0.29, 0.717) is 37.8 Å². The van der Waals surface area contributed by atoms with Gasteiger partial charge in [-0.2, -0.15) is 4.31 Å². The SMILES string of the molecule is CCCOc1ccc(S(=O)(=O)N2CCCCC2)cc1OCCC. The Morgan fingerprint density at radius 2 is 1.57 bits per heavy atom. The van der Waals surface area contributed by atoms with Gasteiger partial charge in [-0.1, -0.05) is 20.3 Å². The molecule has 0 saturated carbocycles. The van der Waals surface area contributed by atoms with Crippen molar-refractivity contribution in [3.8, 4) is 11.5 Å². The van der Waals surface area contributed by atoms with E-state index in [1.807, 2.05) is 13.8 Å². The molecule has 1 aliphatic rings. The van der Waals surface area contributed by atoms with E-state index in [4.69, 9.17) is 9.47 Å². The molecule has 0 spiro atoms. The number of rotatable bonds is 8. The van der Waals surface area contributed by atoms with Crippen LogP contribution in [0.5, 0.6) is 11.5 Å². The Morgan fingerprint density at radius 1 is 0.957 bits per heavy atom. The van der Waals surface area contributed by atoms with Crippen molar-refractivity contribution in [2.24, 2.45) is 0 Å². The third kappa shape index (κ3) is 4.61. The smallest absolute Gasteiger partial charge is 0.243 e. The zero-order valence-electron chi connectivity index (χ0n) is 14.1. The molecule has 1 saturated heterocycles. The lowest BCUT2D eigenvalue weighted by molar-refractivity contribution is 0.267. The van der Waals surface area contributed by atoms with Crippen molar-refractivity contribution < 1.29 is 17.9 Å². The predicted molar refractivity (Wildman–Crippen MR) is 90.6 cm³/mol. The maximum absolute atomic E-state index is 12.8. The number of hydrogen-bond donors (Lipinski definition) is 0. The number of hydrogen-bond acceptors (Lipinski definition) is 4. The molecule has 0 bridgehead atoms. The van der Waals surface area contributed by atoms with Crippen LogP contribution in [-0.2, 0) is 10.0 Å². The third-order valence-electron chi connectivity index (χ3n) is 3.79. The van der Waals surface area contributed by atoms with E-state index < -0.39 is 10.0 Å². The molecule has 1 aromatic rings. The minimum absolute atomic E-state index is 0.286. The van der Waals surface area contributed by atoms with Crippen LogP contribution in [0.4, 0.5) is 0 Å². The van der Waals surface area contributed by atoms with Crippen molar-refractivity contribution in [1.82, 2.24) is 4.31 Å². The van der Waals surface area contributed by atoms with Crippen LogP contribution in [0.15, 0.2) is 23.1 Å². The fourth-order valence-electron chi connectivity index (χ4n) is 2.56. The van der Waals surface area contributed by atoms with Crippen LogP contribution in [-0.4, -0.2) is 39.0 Å². The highest BCUT2D eigenvalue weighted by atomic mass is 32.2. The molecule has 1 heterocycles. The average Bonchev–Trinajstić information content (AvgIpc) is 2.59. The Bertz CT molecular complexity index is 595. The van der Waals surface area contributed by atoms with Gasteiger partial charge in [-0.3, -0.25) is 0 Å². The largest absolute Gasteiger partial charge is 0.490 e. The van der Waals surface area contributed by atoms with Gasteiger partial charge in [-0.25, -0.2) is 8.42 Å². The molecule has 1 aromatic carbocycles. The molecule has 5 nitrogen and oxygen atoms in total. The quantitative estimate of drug-likeness (QED) is 0.727. The highest BCUT2D eigenvalue weighted by Gasteiger charge is 2.27. The minimum Gasteiger partial charge on any atom is -0.490 e. The van der Waals surface area contributed by atoms with Crippen molar-refractivity contribution in [3.63, 3.8) is 0 Å². The van der Waals surface area contributed by atoms with Crippen molar-refractivity contribution in [2.45, 2.75) is 50.8 Å². The number of piperidine rings is 1. The number of nitrogens with zero attached hydrogens (tertiary/aromatic N) is 1. The molecule has 0 unspecified atom stereocenters. The summed E-state index contributed by atoms with van der Waals surface area (Å²) in [5.74, 6) is 1.12. The van der Waals surface area contributed by atoms with Gasteiger partial charge in [-0.05, 0) is 37.8 Å². The normalized spacial score (nSPS) is 16.3. The summed E-state index contributed by atoms with van der Waals surface area (Å²) in [6.45, 7) is 6.36. The van der Waals surface area contributed by atoms with E-state index in [1.54, 1.807) is 22.5 Å². The lowest BCUT2D eigenvalue weighted by Crippen LogP contribution is -2.35. The minimum atomic E-state index is -3.45. The topological polar surface area (TPSA) is 55.8 Å². The fraction of sp³-hybridized carbons (Fsp3) is 0.647. The van der Waals surface area contributed by atoms with Crippen LogP contribution in [0.3, 0.4) is 0 Å². The van der Waals surface area contributed by atoms with Crippen LogP contribution >= 0.6 is 0 Å². The first-order chi connectivity index (χ1) is 11.1. The lowest BCUT2D eigenvalue weighted by atomic mass is 10.2. The van der Waals surface area contributed by atoms with E-state index in [9.17, 15) is 8.42 Å². The molecular formula is C17H27NO4S. The van der Waals surface area contributed by atoms with E-state index >= 15 is 0 Å². The summed E-state index contributed by atoms with van der Waals surface area (Å²) in [7, 11) is -3.45. The Kier molecular flexibility index (Phi) is 6.72. The summed E-state index contributed by atoms with van der Waals surface area (Å²) in [4.78, 5) is 0.286. The van der Waals surface area contributed by atoms with Crippen molar-refractivity contribution >= 4 is 10.0 Å². The number of ether oxygens (including phenoxy) is 2. The second-order valence-electron chi connectivity index (χ2n) is 5.77. The van der Waals surface area contributed by atoms with Crippen LogP contribution < -0.4 is 9.47 Å². The summed E-state index contributed by atoms with van der Waals surface area (Å²) >= 11 is 0. The van der Waals surface area contributed by atoms with E-state index in [2.05, 4.69) is 0 Å². The monoisotopic (exact) mass is 341 g/mol. The maximum Gasteiger partial charge on any atom is 0.243 e. The molecule has 6 heteroatoms. The zero-order chi connectivity index (χ0) is 16.7. The Labute approximate surface area is 139 Å². The van der Waals surface area contributed by atoms with E-state index in [1.165, 1.54) is 0 Å². The fourth-order valence-corrected chi connectivity index (χ4v) is 4.09. The van der Waals surface area contributed by atoms with Crippen molar-refractivity contribution in [2.75, 3.05) is 26.3 Å². The summed E-state index contributed by atoms with van der Waals surface area (Å²) in [5, 5.41) is 0. The van der Waals surface area contributed by atoms with Crippen LogP contribution in [0.25, 0.3) is 0 Å². The van der Waals surface area contributed by atoms with Gasteiger partial charge in [-0.15, -0.1) is 0 Å². The molecule has 0 aliphatic carbocycles. The molecule has 1 aliphatic heterocycles. The van der Waals surface area contributed by atoms with Gasteiger partial charge in [0.15, 0.2) is 11.5 Å². The van der Waals surface area contributed by atoms with E-state index in [-0.39, 0.29) is 4.90 Å². The Morgan fingerprint density at radius 3 is 2.17 bits per heavy atom. The van der Waals surface area contributed by atoms with Gasteiger partial charge < -0.3 is 9.47 Å². The molecular weight excluding hydrogens is 314 g/mol. The molecule has 0 atom stereocenters. The molecule has 130 valence electrons. The van der Waals surface area contributed by atoms with Crippen LogP contribution in [0.2, 0.25) is 0 Å². The van der Waals surface area contributed by atoms with Crippen LogP contribution in [0.1, 0.15) is 46.0 Å². The molecule has 0 N–H and O–H groups in total. The maximum atomic E-state index is 12.8. The first-order valence-electron chi connectivity index (χ1n) is 8.49. The van der Waals surface area contributed by atoms with E-state index in [0.717, 1.165) is 32.1 Å². The second kappa shape index (κ2) is 8.55. The highest BCUT2D eigenvalue weighted by Crippen LogP contribution is 2.32. The van der Waals surface area contributed by atoms with Gasteiger partial charge in [0, 0.05) is 19.2 Å². The molecule has 23 heavy (non-hydrogen) atoms. The predicted octanol–water partition coefficient (Wildman–Crippen LogP) is 3.44. The number of benzene rings is 1. The lowest BCUT2D eigenvalue weighted by Gasteiger charge is -2.26. The average molecular weight is 341 g/mol. The zero-order valence-corrected chi connectivity index (χ0v) is 14.9. The second-order valence-corrected chi connectivity index (χ2v) is 7.71. The van der Waals surface area contributed by atoms with Crippen molar-refractivity contribution in [1.29, 1.82) is 0 Å². The van der Waals surface area contributed by atoms with Gasteiger partial charge in [0.25, 0.3) is 0 Å². The molecule has 2 rings (SSSR count). The Hall–Kier alpha value is -1.27. The van der Waals surface area contributed by atoms with Gasteiger partial charge >= 0.3 is 0 Å². The molecule has 0 aromatic heterocycles. The molecule has 0 radical (unpaired) electrons.